The zero-order valence-electron chi connectivity index (χ0n) is 7.57. The molecule has 0 heterocycles. The standard InChI is InChI=1S/C7H17ClNOP/c1-6(2)7(3,4)9-5-10-11-8/h6,9,11H,5H2,1-4H3. The Balaban J connectivity index is 3.55. The highest BCUT2D eigenvalue weighted by Crippen LogP contribution is 2.18. The Morgan fingerprint density at radius 3 is 2.45 bits per heavy atom. The van der Waals surface area contributed by atoms with Gasteiger partial charge in [0, 0.05) is 5.54 Å². The van der Waals surface area contributed by atoms with Crippen LogP contribution in [0.2, 0.25) is 0 Å². The van der Waals surface area contributed by atoms with Gasteiger partial charge in [-0.05, 0) is 19.8 Å². The molecule has 0 spiro atoms. The molecule has 0 amide bonds. The van der Waals surface area contributed by atoms with Gasteiger partial charge in [-0.2, -0.15) is 0 Å². The number of hydrogen-bond acceptors (Lipinski definition) is 2. The number of hydrogen-bond donors (Lipinski definition) is 1. The van der Waals surface area contributed by atoms with Crippen LogP contribution in [0.4, 0.5) is 0 Å². The van der Waals surface area contributed by atoms with Crippen LogP contribution in [-0.2, 0) is 4.52 Å². The molecule has 0 rings (SSSR count). The van der Waals surface area contributed by atoms with Crippen molar-refractivity contribution >= 4 is 19.4 Å². The zero-order chi connectivity index (χ0) is 8.91. The fraction of sp³-hybridized carbons (Fsp3) is 1.00. The molecule has 2 nitrogen and oxygen atoms in total. The van der Waals surface area contributed by atoms with Gasteiger partial charge in [-0.1, -0.05) is 25.1 Å². The second-order valence-corrected chi connectivity index (χ2v) is 4.32. The van der Waals surface area contributed by atoms with Gasteiger partial charge in [0.15, 0.2) is 0 Å². The SMILES string of the molecule is CC(C)C(C)(C)NCOPCl. The highest BCUT2D eigenvalue weighted by molar-refractivity contribution is 7.64. The van der Waals surface area contributed by atoms with E-state index in [9.17, 15) is 0 Å². The summed E-state index contributed by atoms with van der Waals surface area (Å²) in [6.07, 6.45) is 0. The Kier molecular flexibility index (Phi) is 5.62. The molecular formula is C7H17ClNOP. The third-order valence-electron chi connectivity index (χ3n) is 2.10. The minimum absolute atomic E-state index is 0.0470. The van der Waals surface area contributed by atoms with Crippen LogP contribution in [-0.4, -0.2) is 12.3 Å². The summed E-state index contributed by atoms with van der Waals surface area (Å²) in [7, 11) is 0.0470. The molecular weight excluding hydrogens is 181 g/mol. The van der Waals surface area contributed by atoms with Crippen LogP contribution in [0.1, 0.15) is 27.7 Å². The number of rotatable bonds is 5. The summed E-state index contributed by atoms with van der Waals surface area (Å²) in [4.78, 5) is 0. The molecule has 0 aromatic rings. The van der Waals surface area contributed by atoms with Crippen LogP contribution < -0.4 is 5.32 Å². The summed E-state index contributed by atoms with van der Waals surface area (Å²) in [5.41, 5.74) is 0.122. The molecule has 0 aliphatic heterocycles. The Morgan fingerprint density at radius 2 is 2.09 bits per heavy atom. The molecule has 0 aromatic heterocycles. The first-order valence-electron chi connectivity index (χ1n) is 3.73. The van der Waals surface area contributed by atoms with Gasteiger partial charge in [0.1, 0.15) is 14.9 Å². The van der Waals surface area contributed by atoms with Gasteiger partial charge in [-0.25, -0.2) is 0 Å². The summed E-state index contributed by atoms with van der Waals surface area (Å²) in [5.74, 6) is 0.588. The molecule has 0 aliphatic carbocycles. The topological polar surface area (TPSA) is 21.3 Å². The van der Waals surface area contributed by atoms with Gasteiger partial charge in [-0.15, -0.1) is 0 Å². The van der Waals surface area contributed by atoms with Crippen LogP contribution >= 0.6 is 19.4 Å². The predicted molar refractivity (Wildman–Crippen MR) is 52.2 cm³/mol. The van der Waals surface area contributed by atoms with Crippen LogP contribution in [0.25, 0.3) is 0 Å². The van der Waals surface area contributed by atoms with Gasteiger partial charge >= 0.3 is 0 Å². The van der Waals surface area contributed by atoms with E-state index in [4.69, 9.17) is 15.8 Å². The van der Waals surface area contributed by atoms with Crippen LogP contribution in [0.3, 0.4) is 0 Å². The third kappa shape index (κ3) is 4.97. The Hall–Kier alpha value is 0.640. The first-order chi connectivity index (χ1) is 5.00. The van der Waals surface area contributed by atoms with Gasteiger partial charge < -0.3 is 4.52 Å². The first kappa shape index (κ1) is 11.6. The number of nitrogens with one attached hydrogen (secondary N) is 1. The van der Waals surface area contributed by atoms with E-state index in [1.165, 1.54) is 0 Å². The molecule has 0 saturated carbocycles. The maximum atomic E-state index is 5.38. The lowest BCUT2D eigenvalue weighted by Gasteiger charge is -2.30. The molecule has 4 heteroatoms. The van der Waals surface area contributed by atoms with E-state index in [-0.39, 0.29) is 13.7 Å². The number of halogens is 1. The molecule has 68 valence electrons. The fourth-order valence-corrected chi connectivity index (χ4v) is 0.744. The lowest BCUT2D eigenvalue weighted by atomic mass is 9.91. The smallest absolute Gasteiger partial charge is 0.112 e. The molecule has 0 saturated heterocycles. The van der Waals surface area contributed by atoms with Crippen LogP contribution in [0.15, 0.2) is 0 Å². The van der Waals surface area contributed by atoms with Crippen molar-refractivity contribution in [2.75, 3.05) is 6.73 Å². The normalized spacial score (nSPS) is 13.6. The molecule has 1 N–H and O–H groups in total. The zero-order valence-corrected chi connectivity index (χ0v) is 9.33. The van der Waals surface area contributed by atoms with Crippen molar-refractivity contribution in [3.05, 3.63) is 0 Å². The molecule has 0 fully saturated rings. The van der Waals surface area contributed by atoms with Crippen molar-refractivity contribution < 1.29 is 4.52 Å². The van der Waals surface area contributed by atoms with E-state index in [0.717, 1.165) is 0 Å². The monoisotopic (exact) mass is 197 g/mol. The summed E-state index contributed by atoms with van der Waals surface area (Å²) in [6.45, 7) is 9.19. The van der Waals surface area contributed by atoms with E-state index in [2.05, 4.69) is 33.0 Å². The van der Waals surface area contributed by atoms with Crippen molar-refractivity contribution in [2.24, 2.45) is 5.92 Å². The predicted octanol–water partition coefficient (Wildman–Crippen LogP) is 2.73. The lowest BCUT2D eigenvalue weighted by molar-refractivity contribution is 0.211. The van der Waals surface area contributed by atoms with E-state index in [1.54, 1.807) is 0 Å². The highest BCUT2D eigenvalue weighted by atomic mass is 35.7. The summed E-state index contributed by atoms with van der Waals surface area (Å²) < 4.78 is 5.00. The van der Waals surface area contributed by atoms with E-state index >= 15 is 0 Å². The largest absolute Gasteiger partial charge is 0.331 e. The molecule has 0 aromatic carbocycles. The van der Waals surface area contributed by atoms with Crippen molar-refractivity contribution in [1.82, 2.24) is 5.32 Å². The van der Waals surface area contributed by atoms with E-state index < -0.39 is 0 Å². The summed E-state index contributed by atoms with van der Waals surface area (Å²) in [6, 6.07) is 0. The highest BCUT2D eigenvalue weighted by Gasteiger charge is 2.20. The van der Waals surface area contributed by atoms with Gasteiger partial charge in [-0.3, -0.25) is 5.32 Å². The molecule has 1 atom stereocenters. The first-order valence-corrected chi connectivity index (χ1v) is 5.65. The molecule has 11 heavy (non-hydrogen) atoms. The minimum Gasteiger partial charge on any atom is -0.331 e. The maximum Gasteiger partial charge on any atom is 0.112 e. The third-order valence-corrected chi connectivity index (χ3v) is 2.68. The maximum absolute atomic E-state index is 5.38. The average Bonchev–Trinajstić information content (AvgIpc) is 1.88. The van der Waals surface area contributed by atoms with Crippen molar-refractivity contribution in [1.29, 1.82) is 0 Å². The molecule has 0 aliphatic rings. The van der Waals surface area contributed by atoms with E-state index in [0.29, 0.717) is 12.6 Å². The molecule has 0 radical (unpaired) electrons. The van der Waals surface area contributed by atoms with Crippen LogP contribution in [0, 0.1) is 5.92 Å². The van der Waals surface area contributed by atoms with Crippen LogP contribution in [0.5, 0.6) is 0 Å². The van der Waals surface area contributed by atoms with E-state index in [1.807, 2.05) is 0 Å². The van der Waals surface area contributed by atoms with Gasteiger partial charge in [0.05, 0.1) is 0 Å². The summed E-state index contributed by atoms with van der Waals surface area (Å²) >= 11 is 5.38. The van der Waals surface area contributed by atoms with Crippen molar-refractivity contribution in [3.63, 3.8) is 0 Å². The van der Waals surface area contributed by atoms with Crippen molar-refractivity contribution in [2.45, 2.75) is 33.2 Å². The Bertz CT molecular complexity index is 109. The summed E-state index contributed by atoms with van der Waals surface area (Å²) in [5, 5.41) is 3.26. The average molecular weight is 198 g/mol. The second kappa shape index (κ2) is 5.31. The quantitative estimate of drug-likeness (QED) is 0.416. The minimum atomic E-state index is 0.0470. The van der Waals surface area contributed by atoms with Gasteiger partial charge in [0.2, 0.25) is 0 Å². The Morgan fingerprint density at radius 1 is 1.55 bits per heavy atom. The molecule has 0 bridgehead atoms. The fourth-order valence-electron chi connectivity index (χ4n) is 0.453. The van der Waals surface area contributed by atoms with Crippen molar-refractivity contribution in [3.8, 4) is 0 Å². The Labute approximate surface area is 75.7 Å². The van der Waals surface area contributed by atoms with Gasteiger partial charge in [0.25, 0.3) is 0 Å². The lowest BCUT2D eigenvalue weighted by Crippen LogP contribution is -2.44. The molecule has 1 unspecified atom stereocenters. The second-order valence-electron chi connectivity index (χ2n) is 3.42.